The number of rotatable bonds is 5. The second kappa shape index (κ2) is 7.52. The standard InChI is InChI=1S/C22H21NO6/c1-13(2)29-21(27)19(25)17-18(24)20(26)23(16-11-9-14(3)10-12-16)22(17,28)15-7-5-4-6-8-15/h4-13,24,28H,1-3H3. The lowest BCUT2D eigenvalue weighted by Gasteiger charge is -2.35. The molecule has 7 nitrogen and oxygen atoms in total. The first-order valence-electron chi connectivity index (χ1n) is 9.06. The van der Waals surface area contributed by atoms with E-state index in [1.807, 2.05) is 6.92 Å². The van der Waals surface area contributed by atoms with Crippen LogP contribution in [0, 0.1) is 6.92 Å². The van der Waals surface area contributed by atoms with Gasteiger partial charge in [-0.2, -0.15) is 0 Å². The van der Waals surface area contributed by atoms with Gasteiger partial charge in [0.25, 0.3) is 11.7 Å². The average Bonchev–Trinajstić information content (AvgIpc) is 2.89. The van der Waals surface area contributed by atoms with Gasteiger partial charge in [0.2, 0.25) is 5.72 Å². The van der Waals surface area contributed by atoms with Crippen molar-refractivity contribution in [2.75, 3.05) is 4.90 Å². The summed E-state index contributed by atoms with van der Waals surface area (Å²) in [6, 6.07) is 14.5. The molecule has 0 saturated heterocycles. The minimum absolute atomic E-state index is 0.138. The van der Waals surface area contributed by atoms with Crippen molar-refractivity contribution in [1.82, 2.24) is 0 Å². The molecule has 1 heterocycles. The molecule has 0 bridgehead atoms. The molecule has 1 aliphatic heterocycles. The Hall–Kier alpha value is -3.45. The van der Waals surface area contributed by atoms with Crippen LogP contribution in [0.4, 0.5) is 5.69 Å². The summed E-state index contributed by atoms with van der Waals surface area (Å²) in [6.07, 6.45) is -0.593. The molecule has 0 aromatic heterocycles. The van der Waals surface area contributed by atoms with Gasteiger partial charge in [0, 0.05) is 11.3 Å². The van der Waals surface area contributed by atoms with Gasteiger partial charge in [-0.1, -0.05) is 48.0 Å². The SMILES string of the molecule is Cc1ccc(N2C(=O)C(O)=C(C(=O)C(=O)OC(C)C)C2(O)c2ccccc2)cc1. The number of anilines is 1. The number of ether oxygens (including phenoxy) is 1. The number of carbonyl (C=O) groups excluding carboxylic acids is 3. The van der Waals surface area contributed by atoms with Crippen molar-refractivity contribution in [2.24, 2.45) is 0 Å². The van der Waals surface area contributed by atoms with Crippen LogP contribution in [0.15, 0.2) is 65.9 Å². The number of aliphatic hydroxyl groups excluding tert-OH is 1. The fraction of sp³-hybridized carbons (Fsp3) is 0.227. The number of amides is 1. The van der Waals surface area contributed by atoms with Gasteiger partial charge >= 0.3 is 5.97 Å². The predicted molar refractivity (Wildman–Crippen MR) is 105 cm³/mol. The number of esters is 1. The van der Waals surface area contributed by atoms with E-state index < -0.39 is 40.8 Å². The summed E-state index contributed by atoms with van der Waals surface area (Å²) in [5.41, 5.74) is -1.82. The molecule has 3 rings (SSSR count). The van der Waals surface area contributed by atoms with Gasteiger partial charge in [0.1, 0.15) is 5.57 Å². The average molecular weight is 395 g/mol. The van der Waals surface area contributed by atoms with Crippen LogP contribution in [0.3, 0.4) is 0 Å². The molecule has 0 fully saturated rings. The maximum Gasteiger partial charge on any atom is 0.379 e. The highest BCUT2D eigenvalue weighted by Crippen LogP contribution is 2.44. The fourth-order valence-corrected chi connectivity index (χ4v) is 3.21. The van der Waals surface area contributed by atoms with E-state index in [1.165, 1.54) is 12.1 Å². The van der Waals surface area contributed by atoms with Crippen molar-refractivity contribution < 1.29 is 29.3 Å². The summed E-state index contributed by atoms with van der Waals surface area (Å²) < 4.78 is 4.92. The molecule has 150 valence electrons. The lowest BCUT2D eigenvalue weighted by molar-refractivity contribution is -0.156. The van der Waals surface area contributed by atoms with E-state index in [0.29, 0.717) is 0 Å². The van der Waals surface area contributed by atoms with Gasteiger partial charge in [-0.15, -0.1) is 0 Å². The zero-order chi connectivity index (χ0) is 21.3. The van der Waals surface area contributed by atoms with Crippen molar-refractivity contribution in [2.45, 2.75) is 32.6 Å². The van der Waals surface area contributed by atoms with Crippen LogP contribution in [0.1, 0.15) is 25.0 Å². The summed E-state index contributed by atoms with van der Waals surface area (Å²) in [5.74, 6) is -4.55. The molecule has 0 aliphatic carbocycles. The number of benzene rings is 2. The third-order valence-corrected chi connectivity index (χ3v) is 4.54. The number of hydrogen-bond donors (Lipinski definition) is 2. The highest BCUT2D eigenvalue weighted by Gasteiger charge is 2.57. The van der Waals surface area contributed by atoms with E-state index in [9.17, 15) is 24.6 Å². The number of carbonyl (C=O) groups is 3. The molecule has 1 amide bonds. The Morgan fingerprint density at radius 3 is 2.17 bits per heavy atom. The van der Waals surface area contributed by atoms with Crippen LogP contribution in [0.2, 0.25) is 0 Å². The molecule has 0 radical (unpaired) electrons. The van der Waals surface area contributed by atoms with Crippen molar-refractivity contribution in [3.63, 3.8) is 0 Å². The van der Waals surface area contributed by atoms with Gasteiger partial charge in [-0.05, 0) is 32.9 Å². The smallest absolute Gasteiger partial charge is 0.379 e. The summed E-state index contributed by atoms with van der Waals surface area (Å²) in [4.78, 5) is 38.9. The number of aliphatic hydroxyl groups is 2. The Labute approximate surface area is 167 Å². The van der Waals surface area contributed by atoms with Crippen LogP contribution in [-0.4, -0.2) is 34.0 Å². The van der Waals surface area contributed by atoms with Crippen molar-refractivity contribution >= 4 is 23.3 Å². The fourth-order valence-electron chi connectivity index (χ4n) is 3.21. The lowest BCUT2D eigenvalue weighted by Crippen LogP contribution is -2.48. The quantitative estimate of drug-likeness (QED) is 0.596. The number of Topliss-reactive ketones (excluding diaryl/α,β-unsaturated/α-hetero) is 1. The van der Waals surface area contributed by atoms with Gasteiger partial charge < -0.3 is 14.9 Å². The minimum Gasteiger partial charge on any atom is -0.503 e. The molecule has 2 aromatic carbocycles. The van der Waals surface area contributed by atoms with E-state index in [0.717, 1.165) is 10.5 Å². The zero-order valence-corrected chi connectivity index (χ0v) is 16.2. The number of hydrogen-bond acceptors (Lipinski definition) is 6. The molecular formula is C22H21NO6. The third-order valence-electron chi connectivity index (χ3n) is 4.54. The van der Waals surface area contributed by atoms with Crippen LogP contribution in [-0.2, 0) is 24.8 Å². The van der Waals surface area contributed by atoms with Crippen LogP contribution in [0.5, 0.6) is 0 Å². The number of ketones is 1. The van der Waals surface area contributed by atoms with Crippen LogP contribution in [0.25, 0.3) is 0 Å². The van der Waals surface area contributed by atoms with Gasteiger partial charge in [0.05, 0.1) is 6.10 Å². The molecule has 1 atom stereocenters. The van der Waals surface area contributed by atoms with Gasteiger partial charge in [-0.3, -0.25) is 14.5 Å². The summed E-state index contributed by atoms with van der Waals surface area (Å²) in [6.45, 7) is 4.97. The Morgan fingerprint density at radius 1 is 1.03 bits per heavy atom. The minimum atomic E-state index is -2.38. The Morgan fingerprint density at radius 2 is 1.62 bits per heavy atom. The molecule has 2 aromatic rings. The Balaban J connectivity index is 2.20. The molecule has 29 heavy (non-hydrogen) atoms. The van der Waals surface area contributed by atoms with Crippen molar-refractivity contribution in [3.05, 3.63) is 77.1 Å². The van der Waals surface area contributed by atoms with Gasteiger partial charge in [-0.25, -0.2) is 4.79 Å². The van der Waals surface area contributed by atoms with E-state index in [1.54, 1.807) is 56.3 Å². The molecule has 1 aliphatic rings. The highest BCUT2D eigenvalue weighted by atomic mass is 16.5. The van der Waals surface area contributed by atoms with E-state index in [2.05, 4.69) is 0 Å². The highest BCUT2D eigenvalue weighted by molar-refractivity contribution is 6.43. The lowest BCUT2D eigenvalue weighted by atomic mass is 9.91. The Kier molecular flexibility index (Phi) is 5.26. The van der Waals surface area contributed by atoms with Crippen molar-refractivity contribution in [3.8, 4) is 0 Å². The van der Waals surface area contributed by atoms with Crippen LogP contribution >= 0.6 is 0 Å². The first kappa shape index (κ1) is 20.3. The van der Waals surface area contributed by atoms with Crippen LogP contribution < -0.4 is 4.90 Å². The maximum atomic E-state index is 12.9. The molecule has 1 unspecified atom stereocenters. The summed E-state index contributed by atoms with van der Waals surface area (Å²) >= 11 is 0. The second-order valence-electron chi connectivity index (χ2n) is 7.02. The first-order chi connectivity index (χ1) is 13.7. The number of aryl methyl sites for hydroxylation is 1. The zero-order valence-electron chi connectivity index (χ0n) is 16.2. The molecule has 7 heteroatoms. The molecule has 2 N–H and O–H groups in total. The largest absolute Gasteiger partial charge is 0.503 e. The predicted octanol–water partition coefficient (Wildman–Crippen LogP) is 2.52. The third kappa shape index (κ3) is 3.40. The van der Waals surface area contributed by atoms with Gasteiger partial charge in [0.15, 0.2) is 5.76 Å². The normalized spacial score (nSPS) is 19.1. The van der Waals surface area contributed by atoms with E-state index >= 15 is 0 Å². The van der Waals surface area contributed by atoms with Crippen molar-refractivity contribution in [1.29, 1.82) is 0 Å². The monoisotopic (exact) mass is 395 g/mol. The Bertz CT molecular complexity index is 994. The summed E-state index contributed by atoms with van der Waals surface area (Å²) in [5, 5.41) is 22.2. The molecule has 0 saturated carbocycles. The summed E-state index contributed by atoms with van der Waals surface area (Å²) in [7, 11) is 0. The topological polar surface area (TPSA) is 104 Å². The van der Waals surface area contributed by atoms with E-state index in [-0.39, 0.29) is 11.3 Å². The maximum absolute atomic E-state index is 12.9. The molecular weight excluding hydrogens is 374 g/mol. The van der Waals surface area contributed by atoms with E-state index in [4.69, 9.17) is 4.74 Å². The second-order valence-corrected chi connectivity index (χ2v) is 7.02. The number of nitrogens with zero attached hydrogens (tertiary/aromatic N) is 1. The first-order valence-corrected chi connectivity index (χ1v) is 9.06. The molecule has 0 spiro atoms.